The third-order valence-corrected chi connectivity index (χ3v) is 7.25. The van der Waals surface area contributed by atoms with Gasteiger partial charge < -0.3 is 4.57 Å². The number of hydrogen-bond acceptors (Lipinski definition) is 3. The Morgan fingerprint density at radius 3 is 1.90 bits per heavy atom. The van der Waals surface area contributed by atoms with Crippen molar-refractivity contribution in [3.8, 4) is 0 Å². The van der Waals surface area contributed by atoms with E-state index in [0.717, 1.165) is 21.3 Å². The fraction of sp³-hybridized carbons (Fsp3) is 0.118. The van der Waals surface area contributed by atoms with E-state index < -0.39 is 7.14 Å². The van der Waals surface area contributed by atoms with Gasteiger partial charge in [0, 0.05) is 16.0 Å². The Kier molecular flexibility index (Phi) is 4.05. The van der Waals surface area contributed by atoms with Crippen molar-refractivity contribution in [1.82, 2.24) is 4.98 Å². The maximum absolute atomic E-state index is 13.8. The summed E-state index contributed by atoms with van der Waals surface area (Å²) in [5.41, 5.74) is 0.911. The molecule has 0 spiro atoms. The Morgan fingerprint density at radius 2 is 1.48 bits per heavy atom. The SMILES string of the molecule is Cc1nc(CP(=O)(c2ccccc2)c2ccccc2)cs1. The highest BCUT2D eigenvalue weighted by Gasteiger charge is 2.28. The summed E-state index contributed by atoms with van der Waals surface area (Å²) in [7, 11) is -2.69. The molecule has 4 heteroatoms. The van der Waals surface area contributed by atoms with Crippen LogP contribution in [-0.2, 0) is 10.7 Å². The quantitative estimate of drug-likeness (QED) is 0.682. The highest BCUT2D eigenvalue weighted by atomic mass is 32.1. The number of nitrogens with zero attached hydrogens (tertiary/aromatic N) is 1. The molecule has 3 rings (SSSR count). The Balaban J connectivity index is 2.09. The van der Waals surface area contributed by atoms with Crippen LogP contribution in [0.1, 0.15) is 10.7 Å². The third-order valence-electron chi connectivity index (χ3n) is 3.40. The first-order chi connectivity index (χ1) is 10.2. The lowest BCUT2D eigenvalue weighted by atomic mass is 10.4. The van der Waals surface area contributed by atoms with Crippen LogP contribution >= 0.6 is 18.5 Å². The van der Waals surface area contributed by atoms with Crippen LogP contribution < -0.4 is 10.6 Å². The van der Waals surface area contributed by atoms with Gasteiger partial charge in [-0.25, -0.2) is 4.98 Å². The first-order valence-corrected chi connectivity index (χ1v) is 9.57. The number of aryl methyl sites for hydroxylation is 1. The van der Waals surface area contributed by atoms with Crippen LogP contribution in [0.25, 0.3) is 0 Å². The van der Waals surface area contributed by atoms with E-state index in [1.54, 1.807) is 11.3 Å². The van der Waals surface area contributed by atoms with Gasteiger partial charge >= 0.3 is 0 Å². The average Bonchev–Trinajstić information content (AvgIpc) is 2.94. The molecule has 0 atom stereocenters. The highest BCUT2D eigenvalue weighted by molar-refractivity contribution is 7.78. The Hall–Kier alpha value is -1.70. The van der Waals surface area contributed by atoms with E-state index in [1.165, 1.54) is 0 Å². The minimum Gasteiger partial charge on any atom is -0.313 e. The molecule has 2 nitrogen and oxygen atoms in total. The number of rotatable bonds is 4. The molecule has 0 radical (unpaired) electrons. The molecular weight excluding hydrogens is 297 g/mol. The van der Waals surface area contributed by atoms with Crippen molar-refractivity contribution in [3.05, 3.63) is 76.7 Å². The predicted octanol–water partition coefficient (Wildman–Crippen LogP) is 3.97. The molecule has 0 bridgehead atoms. The van der Waals surface area contributed by atoms with Gasteiger partial charge in [-0.3, -0.25) is 0 Å². The zero-order chi connectivity index (χ0) is 14.7. The van der Waals surface area contributed by atoms with Crippen LogP contribution in [0.3, 0.4) is 0 Å². The first-order valence-electron chi connectivity index (χ1n) is 6.80. The largest absolute Gasteiger partial charge is 0.313 e. The van der Waals surface area contributed by atoms with Gasteiger partial charge in [-0.15, -0.1) is 11.3 Å². The number of thiazole rings is 1. The van der Waals surface area contributed by atoms with Crippen molar-refractivity contribution in [3.63, 3.8) is 0 Å². The van der Waals surface area contributed by atoms with Crippen molar-refractivity contribution >= 4 is 29.1 Å². The molecule has 21 heavy (non-hydrogen) atoms. The Morgan fingerprint density at radius 1 is 0.952 bits per heavy atom. The second-order valence-corrected chi connectivity index (χ2v) is 8.82. The van der Waals surface area contributed by atoms with Crippen LogP contribution in [-0.4, -0.2) is 4.98 Å². The van der Waals surface area contributed by atoms with Gasteiger partial charge in [-0.2, -0.15) is 0 Å². The van der Waals surface area contributed by atoms with Gasteiger partial charge in [0.15, 0.2) is 0 Å². The molecule has 2 aromatic carbocycles. The molecule has 0 saturated heterocycles. The van der Waals surface area contributed by atoms with E-state index in [2.05, 4.69) is 4.98 Å². The summed E-state index contributed by atoms with van der Waals surface area (Å²) in [6.07, 6.45) is 0.478. The number of aromatic nitrogens is 1. The van der Waals surface area contributed by atoms with Gasteiger partial charge in [-0.05, 0) is 6.92 Å². The van der Waals surface area contributed by atoms with Crippen molar-refractivity contribution in [2.45, 2.75) is 13.1 Å². The van der Waals surface area contributed by atoms with Crippen molar-refractivity contribution in [2.75, 3.05) is 0 Å². The molecule has 0 aliphatic rings. The maximum atomic E-state index is 13.8. The van der Waals surface area contributed by atoms with E-state index >= 15 is 0 Å². The summed E-state index contributed by atoms with van der Waals surface area (Å²) in [6.45, 7) is 1.98. The van der Waals surface area contributed by atoms with Gasteiger partial charge in [0.2, 0.25) is 0 Å². The molecule has 0 unspecified atom stereocenters. The summed E-state index contributed by atoms with van der Waals surface area (Å²) in [6, 6.07) is 19.5. The van der Waals surface area contributed by atoms with Gasteiger partial charge in [0.1, 0.15) is 7.14 Å². The van der Waals surface area contributed by atoms with E-state index in [1.807, 2.05) is 73.0 Å². The monoisotopic (exact) mass is 313 g/mol. The molecule has 0 fully saturated rings. The molecule has 106 valence electrons. The number of benzene rings is 2. The molecule has 0 aliphatic carbocycles. The van der Waals surface area contributed by atoms with E-state index in [-0.39, 0.29) is 0 Å². The molecule has 1 heterocycles. The minimum absolute atomic E-state index is 0.478. The van der Waals surface area contributed by atoms with Gasteiger partial charge in [0.25, 0.3) is 0 Å². The second kappa shape index (κ2) is 5.97. The molecule has 0 N–H and O–H groups in total. The predicted molar refractivity (Wildman–Crippen MR) is 90.3 cm³/mol. The zero-order valence-corrected chi connectivity index (χ0v) is 13.5. The lowest BCUT2D eigenvalue weighted by Gasteiger charge is -2.18. The van der Waals surface area contributed by atoms with Crippen LogP contribution in [0.15, 0.2) is 66.0 Å². The lowest BCUT2D eigenvalue weighted by molar-refractivity contribution is 0.586. The molecule has 3 aromatic rings. The van der Waals surface area contributed by atoms with Crippen molar-refractivity contribution in [2.24, 2.45) is 0 Å². The molecule has 0 amide bonds. The fourth-order valence-corrected chi connectivity index (χ4v) is 5.70. The van der Waals surface area contributed by atoms with Crippen LogP contribution in [0.4, 0.5) is 0 Å². The summed E-state index contributed by atoms with van der Waals surface area (Å²) < 4.78 is 13.8. The molecular formula is C17H16NOPS. The summed E-state index contributed by atoms with van der Waals surface area (Å²) in [5, 5.41) is 4.80. The molecule has 1 aromatic heterocycles. The van der Waals surface area contributed by atoms with Crippen LogP contribution in [0, 0.1) is 6.92 Å². The molecule has 0 saturated carbocycles. The lowest BCUT2D eigenvalue weighted by Crippen LogP contribution is -2.17. The smallest absolute Gasteiger partial charge is 0.149 e. The second-order valence-electron chi connectivity index (χ2n) is 4.93. The highest BCUT2D eigenvalue weighted by Crippen LogP contribution is 2.46. The van der Waals surface area contributed by atoms with Crippen LogP contribution in [0.2, 0.25) is 0 Å². The minimum atomic E-state index is -2.69. The molecule has 0 aliphatic heterocycles. The summed E-state index contributed by atoms with van der Waals surface area (Å²) in [4.78, 5) is 4.49. The van der Waals surface area contributed by atoms with Gasteiger partial charge in [-0.1, -0.05) is 60.7 Å². The van der Waals surface area contributed by atoms with Gasteiger partial charge in [0.05, 0.1) is 16.9 Å². The van der Waals surface area contributed by atoms with E-state index in [9.17, 15) is 4.57 Å². The summed E-state index contributed by atoms with van der Waals surface area (Å²) >= 11 is 1.60. The third kappa shape index (κ3) is 2.99. The standard InChI is InChI=1S/C17H16NOPS/c1-14-18-15(13-21-14)12-20(19,16-8-4-2-5-9-16)17-10-6-3-7-11-17/h2-11,13H,12H2,1H3. The average molecular weight is 313 g/mol. The summed E-state index contributed by atoms with van der Waals surface area (Å²) in [5.74, 6) is 0. The van der Waals surface area contributed by atoms with E-state index in [4.69, 9.17) is 0 Å². The number of hydrogen-bond donors (Lipinski definition) is 0. The zero-order valence-electron chi connectivity index (χ0n) is 11.8. The Bertz CT molecular complexity index is 724. The van der Waals surface area contributed by atoms with Crippen molar-refractivity contribution < 1.29 is 4.57 Å². The Labute approximate surface area is 128 Å². The topological polar surface area (TPSA) is 30.0 Å². The van der Waals surface area contributed by atoms with Crippen LogP contribution in [0.5, 0.6) is 0 Å². The normalized spacial score (nSPS) is 11.5. The van der Waals surface area contributed by atoms with E-state index in [0.29, 0.717) is 6.16 Å². The maximum Gasteiger partial charge on any atom is 0.149 e. The van der Waals surface area contributed by atoms with Crippen molar-refractivity contribution in [1.29, 1.82) is 0 Å². The first kappa shape index (κ1) is 14.2. The fourth-order valence-electron chi connectivity index (χ4n) is 2.38.